The fraction of sp³-hybridized carbons (Fsp3) is 0.571. The lowest BCUT2D eigenvalue weighted by atomic mass is 9.96. The number of rotatable bonds is 5. The van der Waals surface area contributed by atoms with E-state index in [4.69, 9.17) is 10.5 Å². The first-order chi connectivity index (χ1) is 8.22. The molecule has 17 heavy (non-hydrogen) atoms. The Balaban J connectivity index is 1.85. The van der Waals surface area contributed by atoms with Crippen LogP contribution < -0.4 is 5.73 Å². The second kappa shape index (κ2) is 5.63. The molecule has 0 aromatic heterocycles. The lowest BCUT2D eigenvalue weighted by Crippen LogP contribution is -2.43. The Morgan fingerprint density at radius 3 is 2.82 bits per heavy atom. The molecule has 1 heterocycles. The molecule has 2 rings (SSSR count). The van der Waals surface area contributed by atoms with Gasteiger partial charge in [0.2, 0.25) is 0 Å². The molecule has 0 spiro atoms. The van der Waals surface area contributed by atoms with Gasteiger partial charge in [-0.1, -0.05) is 30.3 Å². The van der Waals surface area contributed by atoms with Crippen LogP contribution in [0.4, 0.5) is 0 Å². The molecule has 1 saturated heterocycles. The van der Waals surface area contributed by atoms with Crippen molar-refractivity contribution in [1.82, 2.24) is 4.90 Å². The standard InChI is InChI=1S/C14H22N2O/c1-17-10-8-14(15)7-9-16(12-14)11-13-5-3-2-4-6-13/h2-6H,7-12,15H2,1H3. The SMILES string of the molecule is COCCC1(N)CCN(Cc2ccccc2)C1. The van der Waals surface area contributed by atoms with E-state index in [9.17, 15) is 0 Å². The second-order valence-electron chi connectivity index (χ2n) is 5.05. The van der Waals surface area contributed by atoms with E-state index >= 15 is 0 Å². The van der Waals surface area contributed by atoms with E-state index in [2.05, 4.69) is 35.2 Å². The molecular weight excluding hydrogens is 212 g/mol. The van der Waals surface area contributed by atoms with Crippen molar-refractivity contribution >= 4 is 0 Å². The van der Waals surface area contributed by atoms with E-state index in [1.165, 1.54) is 5.56 Å². The normalized spacial score (nSPS) is 25.3. The molecule has 1 aromatic carbocycles. The van der Waals surface area contributed by atoms with Crippen molar-refractivity contribution in [1.29, 1.82) is 0 Å². The maximum Gasteiger partial charge on any atom is 0.0480 e. The molecule has 3 heteroatoms. The fourth-order valence-electron chi connectivity index (χ4n) is 2.47. The molecule has 1 aliphatic rings. The third-order valence-electron chi connectivity index (χ3n) is 3.52. The quantitative estimate of drug-likeness (QED) is 0.841. The maximum absolute atomic E-state index is 6.37. The second-order valence-corrected chi connectivity index (χ2v) is 5.05. The number of nitrogens with two attached hydrogens (primary N) is 1. The van der Waals surface area contributed by atoms with Crippen molar-refractivity contribution in [2.45, 2.75) is 24.9 Å². The van der Waals surface area contributed by atoms with Crippen LogP contribution in [0.1, 0.15) is 18.4 Å². The van der Waals surface area contributed by atoms with Crippen LogP contribution in [0.15, 0.2) is 30.3 Å². The zero-order valence-electron chi connectivity index (χ0n) is 10.6. The van der Waals surface area contributed by atoms with Gasteiger partial charge < -0.3 is 10.5 Å². The minimum absolute atomic E-state index is 0.0508. The number of likely N-dealkylation sites (tertiary alicyclic amines) is 1. The van der Waals surface area contributed by atoms with E-state index in [0.717, 1.165) is 39.1 Å². The largest absolute Gasteiger partial charge is 0.385 e. The minimum Gasteiger partial charge on any atom is -0.385 e. The van der Waals surface area contributed by atoms with Crippen LogP contribution in [-0.4, -0.2) is 37.2 Å². The highest BCUT2D eigenvalue weighted by Gasteiger charge is 2.33. The van der Waals surface area contributed by atoms with Crippen molar-refractivity contribution in [2.75, 3.05) is 26.8 Å². The molecule has 2 N–H and O–H groups in total. The average molecular weight is 234 g/mol. The molecule has 0 amide bonds. The molecule has 1 aromatic rings. The summed E-state index contributed by atoms with van der Waals surface area (Å²) in [7, 11) is 1.74. The minimum atomic E-state index is -0.0508. The highest BCUT2D eigenvalue weighted by Crippen LogP contribution is 2.23. The Morgan fingerprint density at radius 1 is 1.35 bits per heavy atom. The Labute approximate surface area is 104 Å². The Bertz CT molecular complexity index is 341. The van der Waals surface area contributed by atoms with E-state index in [1.807, 2.05) is 0 Å². The zero-order valence-corrected chi connectivity index (χ0v) is 10.6. The molecule has 0 aliphatic carbocycles. The number of benzene rings is 1. The van der Waals surface area contributed by atoms with Gasteiger partial charge in [-0.15, -0.1) is 0 Å². The topological polar surface area (TPSA) is 38.5 Å². The summed E-state index contributed by atoms with van der Waals surface area (Å²) in [5.74, 6) is 0. The molecule has 0 radical (unpaired) electrons. The molecule has 1 fully saturated rings. The molecule has 1 atom stereocenters. The highest BCUT2D eigenvalue weighted by molar-refractivity contribution is 5.15. The number of methoxy groups -OCH3 is 1. The predicted octanol–water partition coefficient (Wildman–Crippen LogP) is 1.63. The summed E-state index contributed by atoms with van der Waals surface area (Å²) in [6.45, 7) is 3.84. The first-order valence-corrected chi connectivity index (χ1v) is 6.26. The molecule has 1 aliphatic heterocycles. The molecule has 3 nitrogen and oxygen atoms in total. The Morgan fingerprint density at radius 2 is 2.12 bits per heavy atom. The summed E-state index contributed by atoms with van der Waals surface area (Å²) >= 11 is 0. The van der Waals surface area contributed by atoms with Crippen LogP contribution in [0.25, 0.3) is 0 Å². The Kier molecular flexibility index (Phi) is 4.15. The lowest BCUT2D eigenvalue weighted by Gasteiger charge is -2.24. The molecule has 0 bridgehead atoms. The van der Waals surface area contributed by atoms with Crippen LogP contribution >= 0.6 is 0 Å². The average Bonchev–Trinajstić information content (AvgIpc) is 2.70. The van der Waals surface area contributed by atoms with E-state index < -0.39 is 0 Å². The van der Waals surface area contributed by atoms with Gasteiger partial charge in [0.1, 0.15) is 0 Å². The summed E-state index contributed by atoms with van der Waals surface area (Å²) in [5, 5.41) is 0. The van der Waals surface area contributed by atoms with Gasteiger partial charge in [-0.3, -0.25) is 4.90 Å². The van der Waals surface area contributed by atoms with Gasteiger partial charge >= 0.3 is 0 Å². The summed E-state index contributed by atoms with van der Waals surface area (Å²) in [4.78, 5) is 2.44. The smallest absolute Gasteiger partial charge is 0.0480 e. The highest BCUT2D eigenvalue weighted by atomic mass is 16.5. The molecule has 1 unspecified atom stereocenters. The van der Waals surface area contributed by atoms with Crippen molar-refractivity contribution in [3.8, 4) is 0 Å². The van der Waals surface area contributed by atoms with Crippen LogP contribution in [0.2, 0.25) is 0 Å². The molecular formula is C14H22N2O. The fourth-order valence-corrected chi connectivity index (χ4v) is 2.47. The van der Waals surface area contributed by atoms with E-state index in [1.54, 1.807) is 7.11 Å². The van der Waals surface area contributed by atoms with Crippen LogP contribution in [0.5, 0.6) is 0 Å². The first kappa shape index (κ1) is 12.6. The zero-order chi connectivity index (χ0) is 12.1. The number of nitrogens with zero attached hydrogens (tertiary/aromatic N) is 1. The van der Waals surface area contributed by atoms with Crippen LogP contribution in [0.3, 0.4) is 0 Å². The van der Waals surface area contributed by atoms with Crippen molar-refractivity contribution < 1.29 is 4.74 Å². The van der Waals surface area contributed by atoms with Gasteiger partial charge in [0.15, 0.2) is 0 Å². The summed E-state index contributed by atoms with van der Waals surface area (Å²) in [6, 6.07) is 10.6. The van der Waals surface area contributed by atoms with Gasteiger partial charge in [-0.2, -0.15) is 0 Å². The lowest BCUT2D eigenvalue weighted by molar-refractivity contribution is 0.167. The van der Waals surface area contributed by atoms with Crippen molar-refractivity contribution in [3.05, 3.63) is 35.9 Å². The molecule has 0 saturated carbocycles. The van der Waals surface area contributed by atoms with E-state index in [-0.39, 0.29) is 5.54 Å². The van der Waals surface area contributed by atoms with E-state index in [0.29, 0.717) is 0 Å². The van der Waals surface area contributed by atoms with Gasteiger partial charge in [0.05, 0.1) is 0 Å². The summed E-state index contributed by atoms with van der Waals surface area (Å²) in [6.07, 6.45) is 2.03. The number of hydrogen-bond donors (Lipinski definition) is 1. The third-order valence-corrected chi connectivity index (χ3v) is 3.52. The van der Waals surface area contributed by atoms with Gasteiger partial charge in [-0.05, 0) is 18.4 Å². The monoisotopic (exact) mass is 234 g/mol. The first-order valence-electron chi connectivity index (χ1n) is 6.26. The van der Waals surface area contributed by atoms with Crippen molar-refractivity contribution in [2.24, 2.45) is 5.73 Å². The molecule has 94 valence electrons. The van der Waals surface area contributed by atoms with Gasteiger partial charge in [0, 0.05) is 38.9 Å². The van der Waals surface area contributed by atoms with Crippen LogP contribution in [0, 0.1) is 0 Å². The number of hydrogen-bond acceptors (Lipinski definition) is 3. The van der Waals surface area contributed by atoms with Gasteiger partial charge in [-0.25, -0.2) is 0 Å². The number of ether oxygens (including phenoxy) is 1. The third kappa shape index (κ3) is 3.53. The van der Waals surface area contributed by atoms with Crippen LogP contribution in [-0.2, 0) is 11.3 Å². The summed E-state index contributed by atoms with van der Waals surface area (Å²) < 4.78 is 5.12. The van der Waals surface area contributed by atoms with Gasteiger partial charge in [0.25, 0.3) is 0 Å². The Hall–Kier alpha value is -0.900. The maximum atomic E-state index is 6.37. The predicted molar refractivity (Wildman–Crippen MR) is 69.7 cm³/mol. The summed E-state index contributed by atoms with van der Waals surface area (Å²) in [5.41, 5.74) is 7.68. The van der Waals surface area contributed by atoms with Crippen molar-refractivity contribution in [3.63, 3.8) is 0 Å².